The van der Waals surface area contributed by atoms with Crippen molar-refractivity contribution in [3.63, 3.8) is 0 Å². The summed E-state index contributed by atoms with van der Waals surface area (Å²) in [6.45, 7) is 4.45. The average molecular weight is 164 g/mol. The Morgan fingerprint density at radius 2 is 1.92 bits per heavy atom. The second-order valence-corrected chi connectivity index (χ2v) is 3.82. The van der Waals surface area contributed by atoms with Crippen molar-refractivity contribution >= 4 is 0 Å². The van der Waals surface area contributed by atoms with Gasteiger partial charge in [-0.1, -0.05) is 19.8 Å². The maximum Gasteiger partial charge on any atom is -0.0244 e. The van der Waals surface area contributed by atoms with Crippen LogP contribution in [0.4, 0.5) is 0 Å². The van der Waals surface area contributed by atoms with Crippen LogP contribution in [0.15, 0.2) is 16.9 Å². The quantitative estimate of drug-likeness (QED) is 0.536. The van der Waals surface area contributed by atoms with Gasteiger partial charge in [-0.2, -0.15) is 0 Å². The van der Waals surface area contributed by atoms with Crippen LogP contribution in [-0.2, 0) is 0 Å². The topological polar surface area (TPSA) is 0 Å². The second kappa shape index (κ2) is 5.22. The highest BCUT2D eigenvalue weighted by molar-refractivity contribution is 5.09. The SMILES string of the molecule is CCCC(C)=C=C1CCCCC1. The Labute approximate surface area is 76.4 Å². The van der Waals surface area contributed by atoms with E-state index in [0.717, 1.165) is 0 Å². The molecule has 0 saturated heterocycles. The van der Waals surface area contributed by atoms with Gasteiger partial charge in [0.05, 0.1) is 0 Å². The monoisotopic (exact) mass is 164 g/mol. The van der Waals surface area contributed by atoms with Crippen LogP contribution in [0.25, 0.3) is 0 Å². The summed E-state index contributed by atoms with van der Waals surface area (Å²) < 4.78 is 0. The Kier molecular flexibility index (Phi) is 4.18. The lowest BCUT2D eigenvalue weighted by atomic mass is 9.95. The van der Waals surface area contributed by atoms with Gasteiger partial charge in [-0.15, -0.1) is 5.73 Å². The van der Waals surface area contributed by atoms with Crippen LogP contribution in [0.5, 0.6) is 0 Å². The molecule has 0 atom stereocenters. The third-order valence-corrected chi connectivity index (χ3v) is 2.47. The van der Waals surface area contributed by atoms with E-state index in [2.05, 4.69) is 19.6 Å². The van der Waals surface area contributed by atoms with Crippen LogP contribution in [0.3, 0.4) is 0 Å². The molecule has 0 nitrogen and oxygen atoms in total. The maximum atomic E-state index is 3.55. The molecule has 0 aliphatic heterocycles. The van der Waals surface area contributed by atoms with Crippen LogP contribution in [0.2, 0.25) is 0 Å². The van der Waals surface area contributed by atoms with Gasteiger partial charge in [0, 0.05) is 0 Å². The van der Waals surface area contributed by atoms with E-state index < -0.39 is 0 Å². The summed E-state index contributed by atoms with van der Waals surface area (Å²) in [5.41, 5.74) is 6.58. The average Bonchev–Trinajstić information content (AvgIpc) is 2.06. The summed E-state index contributed by atoms with van der Waals surface area (Å²) in [5.74, 6) is 0. The fourth-order valence-electron chi connectivity index (χ4n) is 1.84. The molecule has 0 aromatic heterocycles. The minimum Gasteiger partial charge on any atom is -0.123 e. The van der Waals surface area contributed by atoms with Gasteiger partial charge >= 0.3 is 0 Å². The van der Waals surface area contributed by atoms with E-state index in [0.29, 0.717) is 0 Å². The molecule has 1 aliphatic rings. The molecule has 0 aromatic rings. The first kappa shape index (κ1) is 9.61. The molecule has 1 fully saturated rings. The summed E-state index contributed by atoms with van der Waals surface area (Å²) in [6.07, 6.45) is 9.30. The highest BCUT2D eigenvalue weighted by Crippen LogP contribution is 2.22. The molecule has 68 valence electrons. The van der Waals surface area contributed by atoms with E-state index in [1.165, 1.54) is 50.5 Å². The first-order chi connectivity index (χ1) is 5.83. The summed E-state index contributed by atoms with van der Waals surface area (Å²) in [6, 6.07) is 0. The molecule has 12 heavy (non-hydrogen) atoms. The van der Waals surface area contributed by atoms with Crippen molar-refractivity contribution in [2.24, 2.45) is 0 Å². The number of rotatable bonds is 2. The van der Waals surface area contributed by atoms with E-state index >= 15 is 0 Å². The Balaban J connectivity index is 2.56. The Morgan fingerprint density at radius 1 is 1.25 bits per heavy atom. The fourth-order valence-corrected chi connectivity index (χ4v) is 1.84. The zero-order chi connectivity index (χ0) is 8.81. The minimum absolute atomic E-state index is 1.23. The predicted octanol–water partition coefficient (Wildman–Crippen LogP) is 4.22. The zero-order valence-corrected chi connectivity index (χ0v) is 8.45. The van der Waals surface area contributed by atoms with Crippen LogP contribution < -0.4 is 0 Å². The number of hydrogen-bond donors (Lipinski definition) is 0. The van der Waals surface area contributed by atoms with Crippen molar-refractivity contribution in [1.82, 2.24) is 0 Å². The van der Waals surface area contributed by atoms with Gasteiger partial charge in [0.25, 0.3) is 0 Å². The van der Waals surface area contributed by atoms with E-state index in [9.17, 15) is 0 Å². The molecule has 0 radical (unpaired) electrons. The lowest BCUT2D eigenvalue weighted by molar-refractivity contribution is 0.599. The summed E-state index contributed by atoms with van der Waals surface area (Å²) in [5, 5.41) is 0. The van der Waals surface area contributed by atoms with Gasteiger partial charge in [0.1, 0.15) is 0 Å². The molecule has 0 unspecified atom stereocenters. The summed E-state index contributed by atoms with van der Waals surface area (Å²) in [4.78, 5) is 0. The molecular formula is C12H20. The Morgan fingerprint density at radius 3 is 2.50 bits per heavy atom. The first-order valence-electron chi connectivity index (χ1n) is 5.27. The fraction of sp³-hybridized carbons (Fsp3) is 0.750. The van der Waals surface area contributed by atoms with E-state index in [-0.39, 0.29) is 0 Å². The molecular weight excluding hydrogens is 144 g/mol. The maximum absolute atomic E-state index is 3.55. The van der Waals surface area contributed by atoms with Crippen molar-refractivity contribution in [3.8, 4) is 0 Å². The van der Waals surface area contributed by atoms with Gasteiger partial charge in [0.15, 0.2) is 0 Å². The molecule has 1 aliphatic carbocycles. The van der Waals surface area contributed by atoms with Gasteiger partial charge in [-0.05, 0) is 50.2 Å². The van der Waals surface area contributed by atoms with Crippen molar-refractivity contribution < 1.29 is 0 Å². The van der Waals surface area contributed by atoms with Crippen LogP contribution in [0, 0.1) is 0 Å². The van der Waals surface area contributed by atoms with E-state index in [4.69, 9.17) is 0 Å². The van der Waals surface area contributed by atoms with Crippen LogP contribution in [-0.4, -0.2) is 0 Å². The largest absolute Gasteiger partial charge is 0.123 e. The van der Waals surface area contributed by atoms with Gasteiger partial charge in [0.2, 0.25) is 0 Å². The zero-order valence-electron chi connectivity index (χ0n) is 8.45. The number of hydrogen-bond acceptors (Lipinski definition) is 0. The standard InChI is InChI=1S/C12H20/c1-3-7-11(2)10-12-8-5-4-6-9-12/h3-9H2,1-2H3. The third kappa shape index (κ3) is 3.28. The molecule has 0 amide bonds. The van der Waals surface area contributed by atoms with Gasteiger partial charge < -0.3 is 0 Å². The highest BCUT2D eigenvalue weighted by atomic mass is 14.1. The van der Waals surface area contributed by atoms with Crippen LogP contribution in [0.1, 0.15) is 58.8 Å². The van der Waals surface area contributed by atoms with E-state index in [1.54, 1.807) is 5.57 Å². The van der Waals surface area contributed by atoms with Gasteiger partial charge in [-0.3, -0.25) is 0 Å². The molecule has 0 heteroatoms. The lowest BCUT2D eigenvalue weighted by Gasteiger charge is -2.10. The summed E-state index contributed by atoms with van der Waals surface area (Å²) in [7, 11) is 0. The number of allylic oxidation sites excluding steroid dienone is 1. The molecule has 0 spiro atoms. The molecule has 0 heterocycles. The third-order valence-electron chi connectivity index (χ3n) is 2.47. The van der Waals surface area contributed by atoms with Crippen molar-refractivity contribution in [2.45, 2.75) is 58.8 Å². The highest BCUT2D eigenvalue weighted by Gasteiger charge is 2.03. The van der Waals surface area contributed by atoms with Crippen molar-refractivity contribution in [1.29, 1.82) is 0 Å². The summed E-state index contributed by atoms with van der Waals surface area (Å²) >= 11 is 0. The molecule has 0 N–H and O–H groups in total. The van der Waals surface area contributed by atoms with Crippen molar-refractivity contribution in [3.05, 3.63) is 16.9 Å². The van der Waals surface area contributed by atoms with Crippen LogP contribution >= 0.6 is 0 Å². The minimum atomic E-state index is 1.23. The lowest BCUT2D eigenvalue weighted by Crippen LogP contribution is -1.92. The van der Waals surface area contributed by atoms with E-state index in [1.807, 2.05) is 0 Å². The molecule has 1 saturated carbocycles. The predicted molar refractivity (Wildman–Crippen MR) is 54.2 cm³/mol. The molecule has 0 aromatic carbocycles. The van der Waals surface area contributed by atoms with Crippen molar-refractivity contribution in [2.75, 3.05) is 0 Å². The first-order valence-corrected chi connectivity index (χ1v) is 5.27. The normalized spacial score (nSPS) is 17.3. The Bertz CT molecular complexity index is 184. The smallest absolute Gasteiger partial charge is 0.0244 e. The van der Waals surface area contributed by atoms with Gasteiger partial charge in [-0.25, -0.2) is 0 Å². The molecule has 1 rings (SSSR count). The second-order valence-electron chi connectivity index (χ2n) is 3.82. The Hall–Kier alpha value is -0.480. The molecule has 0 bridgehead atoms.